The van der Waals surface area contributed by atoms with E-state index in [4.69, 9.17) is 0 Å². The Morgan fingerprint density at radius 1 is 0.714 bits per heavy atom. The van der Waals surface area contributed by atoms with E-state index in [0.717, 1.165) is 35.5 Å². The van der Waals surface area contributed by atoms with Gasteiger partial charge in [-0.05, 0) is 0 Å². The summed E-state index contributed by atoms with van der Waals surface area (Å²) in [6.07, 6.45) is 9.47. The maximum atomic E-state index is 2.57. The minimum absolute atomic E-state index is 0.295. The summed E-state index contributed by atoms with van der Waals surface area (Å²) in [4.78, 5) is 0. The predicted molar refractivity (Wildman–Crippen MR) is 91.6 cm³/mol. The van der Waals surface area contributed by atoms with E-state index in [1.54, 1.807) is 47.5 Å². The number of hydrogen-bond donors (Lipinski definition) is 0. The Kier molecular flexibility index (Phi) is 3.75. The molecule has 6 fully saturated rings. The van der Waals surface area contributed by atoms with E-state index in [1.807, 2.05) is 0 Å². The van der Waals surface area contributed by atoms with Crippen molar-refractivity contribution in [3.05, 3.63) is 0 Å². The SMILES string of the molecule is CC1(C)[C@H]2CC[C@@H](C[Te]C[C@@H]3CC[C@H]4C[C@H]3C4(C)C)[C@H]1C2. The third-order valence-electron chi connectivity index (χ3n) is 8.67. The van der Waals surface area contributed by atoms with Gasteiger partial charge in [-0.2, -0.15) is 0 Å². The molecule has 0 N–H and O–H groups in total. The zero-order valence-corrected chi connectivity index (χ0v) is 16.9. The molecule has 0 aromatic rings. The van der Waals surface area contributed by atoms with Crippen LogP contribution in [0.4, 0.5) is 0 Å². The molecule has 0 aromatic heterocycles. The van der Waals surface area contributed by atoms with Crippen LogP contribution < -0.4 is 0 Å². The molecule has 0 aromatic carbocycles. The van der Waals surface area contributed by atoms with Gasteiger partial charge < -0.3 is 0 Å². The van der Waals surface area contributed by atoms with Gasteiger partial charge in [0.1, 0.15) is 0 Å². The van der Waals surface area contributed by atoms with Gasteiger partial charge in [0.2, 0.25) is 0 Å². The van der Waals surface area contributed by atoms with E-state index in [-0.39, 0.29) is 0 Å². The van der Waals surface area contributed by atoms with Crippen LogP contribution in [0.3, 0.4) is 0 Å². The summed E-state index contributed by atoms with van der Waals surface area (Å²) < 4.78 is 3.36. The molecule has 0 spiro atoms. The fourth-order valence-corrected chi connectivity index (χ4v) is 11.1. The van der Waals surface area contributed by atoms with Crippen molar-refractivity contribution in [1.29, 1.82) is 0 Å². The molecular formula is C20H34Te. The molecule has 1 heteroatoms. The van der Waals surface area contributed by atoms with Crippen molar-refractivity contribution in [2.75, 3.05) is 0 Å². The number of rotatable bonds is 4. The van der Waals surface area contributed by atoms with Gasteiger partial charge in [0.05, 0.1) is 0 Å². The minimum atomic E-state index is 0.295. The average molecular weight is 402 g/mol. The molecule has 6 saturated carbocycles. The Hall–Kier alpha value is 0.790. The van der Waals surface area contributed by atoms with Crippen LogP contribution in [-0.2, 0) is 0 Å². The van der Waals surface area contributed by atoms with Gasteiger partial charge >= 0.3 is 142 Å². The molecule has 0 saturated heterocycles. The van der Waals surface area contributed by atoms with Gasteiger partial charge in [0, 0.05) is 0 Å². The molecule has 6 rings (SSSR count). The third-order valence-corrected chi connectivity index (χ3v) is 12.5. The second-order valence-electron chi connectivity index (χ2n) is 9.93. The van der Waals surface area contributed by atoms with Crippen LogP contribution in [0.25, 0.3) is 0 Å². The predicted octanol–water partition coefficient (Wildman–Crippen LogP) is 5.67. The summed E-state index contributed by atoms with van der Waals surface area (Å²) in [5, 5.41) is 0. The van der Waals surface area contributed by atoms with E-state index in [2.05, 4.69) is 27.7 Å². The molecule has 120 valence electrons. The summed E-state index contributed by atoms with van der Waals surface area (Å²) in [6, 6.07) is 0. The Morgan fingerprint density at radius 3 is 1.48 bits per heavy atom. The Labute approximate surface area is 142 Å². The first-order chi connectivity index (χ1) is 9.90. The van der Waals surface area contributed by atoms with E-state index in [1.165, 1.54) is 0 Å². The zero-order chi connectivity index (χ0) is 14.8. The van der Waals surface area contributed by atoms with E-state index in [9.17, 15) is 0 Å². The van der Waals surface area contributed by atoms with Crippen LogP contribution in [0.15, 0.2) is 0 Å². The normalized spacial score (nSPS) is 49.1. The zero-order valence-electron chi connectivity index (χ0n) is 14.5. The summed E-state index contributed by atoms with van der Waals surface area (Å²) in [5.74, 6) is 6.67. The van der Waals surface area contributed by atoms with Crippen LogP contribution in [-0.4, -0.2) is 20.9 Å². The quantitative estimate of drug-likeness (QED) is 0.532. The molecule has 0 aliphatic heterocycles. The van der Waals surface area contributed by atoms with Crippen molar-refractivity contribution >= 4 is 20.9 Å². The second-order valence-corrected chi connectivity index (χ2v) is 13.0. The van der Waals surface area contributed by atoms with Crippen LogP contribution >= 0.6 is 0 Å². The molecule has 6 aliphatic rings. The summed E-state index contributed by atoms with van der Waals surface area (Å²) in [7, 11) is 0. The number of hydrogen-bond acceptors (Lipinski definition) is 0. The van der Waals surface area contributed by atoms with Gasteiger partial charge in [-0.1, -0.05) is 0 Å². The van der Waals surface area contributed by atoms with E-state index in [0.29, 0.717) is 31.8 Å². The molecule has 6 aliphatic carbocycles. The van der Waals surface area contributed by atoms with Crippen LogP contribution in [0.5, 0.6) is 0 Å². The van der Waals surface area contributed by atoms with Crippen molar-refractivity contribution in [1.82, 2.24) is 0 Å². The van der Waals surface area contributed by atoms with Gasteiger partial charge in [-0.25, -0.2) is 0 Å². The van der Waals surface area contributed by atoms with Crippen LogP contribution in [0, 0.1) is 46.3 Å². The van der Waals surface area contributed by atoms with Crippen molar-refractivity contribution in [3.8, 4) is 0 Å². The standard InChI is InChI=1S/C20H34Te/c1-19(2)15-7-5-13(17(19)9-15)11-21-12-14-6-8-16-10-18(14)20(16,3)4/h13-18H,5-12H2,1-4H3/t13-,14-,15-,16-,17+,18+/m0/s1. The average Bonchev–Trinajstić information content (AvgIpc) is 2.47. The van der Waals surface area contributed by atoms with Crippen molar-refractivity contribution in [2.24, 2.45) is 46.3 Å². The van der Waals surface area contributed by atoms with Gasteiger partial charge in [0.25, 0.3) is 0 Å². The van der Waals surface area contributed by atoms with Gasteiger partial charge in [-0.3, -0.25) is 0 Å². The van der Waals surface area contributed by atoms with Gasteiger partial charge in [0.15, 0.2) is 0 Å². The van der Waals surface area contributed by atoms with E-state index >= 15 is 0 Å². The molecular weight excluding hydrogens is 368 g/mol. The van der Waals surface area contributed by atoms with E-state index < -0.39 is 0 Å². The number of fused-ring (bicyclic) bond motifs is 4. The maximum absolute atomic E-state index is 2.57. The molecule has 6 atom stereocenters. The monoisotopic (exact) mass is 404 g/mol. The summed E-state index contributed by atoms with van der Waals surface area (Å²) in [6.45, 7) is 10.3. The fourth-order valence-electron chi connectivity index (χ4n) is 6.69. The Balaban J connectivity index is 1.27. The topological polar surface area (TPSA) is 0 Å². The fraction of sp³-hybridized carbons (Fsp3) is 1.00. The van der Waals surface area contributed by atoms with Crippen molar-refractivity contribution < 1.29 is 0 Å². The molecule has 0 amide bonds. The Morgan fingerprint density at radius 2 is 1.14 bits per heavy atom. The first-order valence-corrected chi connectivity index (χ1v) is 12.8. The molecule has 4 bridgehead atoms. The van der Waals surface area contributed by atoms with Crippen LogP contribution in [0.1, 0.15) is 66.2 Å². The summed E-state index contributed by atoms with van der Waals surface area (Å²) in [5.41, 5.74) is 1.42. The Bertz CT molecular complexity index is 368. The molecule has 0 radical (unpaired) electrons. The van der Waals surface area contributed by atoms with Crippen molar-refractivity contribution in [2.45, 2.75) is 75.2 Å². The molecule has 0 nitrogen and oxygen atoms in total. The van der Waals surface area contributed by atoms with Crippen molar-refractivity contribution in [3.63, 3.8) is 0 Å². The second kappa shape index (κ2) is 5.14. The third kappa shape index (κ3) is 2.28. The first kappa shape index (κ1) is 15.3. The van der Waals surface area contributed by atoms with Gasteiger partial charge in [-0.15, -0.1) is 0 Å². The van der Waals surface area contributed by atoms with Crippen LogP contribution in [0.2, 0.25) is 8.94 Å². The molecule has 0 heterocycles. The molecule has 21 heavy (non-hydrogen) atoms. The summed E-state index contributed by atoms with van der Waals surface area (Å²) >= 11 is 0.295. The first-order valence-electron chi connectivity index (χ1n) is 9.48. The molecule has 0 unspecified atom stereocenters.